The molecule has 0 amide bonds. The molecule has 0 saturated heterocycles. The highest BCUT2D eigenvalue weighted by Crippen LogP contribution is 2.24. The summed E-state index contributed by atoms with van der Waals surface area (Å²) in [6.07, 6.45) is 3.54. The number of hydrogen-bond donors (Lipinski definition) is 1. The molecule has 5 nitrogen and oxygen atoms in total. The van der Waals surface area contributed by atoms with Crippen LogP contribution in [0.5, 0.6) is 0 Å². The van der Waals surface area contributed by atoms with Crippen molar-refractivity contribution in [3.63, 3.8) is 0 Å². The maximum absolute atomic E-state index is 4.58. The molecule has 0 aromatic carbocycles. The molecule has 2 aromatic heterocycles. The molecule has 5 heteroatoms. The fourth-order valence-electron chi connectivity index (χ4n) is 1.57. The molecule has 0 fully saturated rings. The highest BCUT2D eigenvalue weighted by Gasteiger charge is 2.19. The molecule has 2 heterocycles. The first kappa shape index (κ1) is 13.4. The van der Waals surface area contributed by atoms with Crippen LogP contribution in [0.1, 0.15) is 32.0 Å². The minimum absolute atomic E-state index is 0.0476. The van der Waals surface area contributed by atoms with Crippen molar-refractivity contribution < 1.29 is 0 Å². The van der Waals surface area contributed by atoms with Gasteiger partial charge >= 0.3 is 0 Å². The van der Waals surface area contributed by atoms with E-state index in [2.05, 4.69) is 46.0 Å². The van der Waals surface area contributed by atoms with Gasteiger partial charge < -0.3 is 5.32 Å². The summed E-state index contributed by atoms with van der Waals surface area (Å²) in [5, 5.41) is 3.05. The molecule has 0 aliphatic rings. The minimum Gasteiger partial charge on any atom is -0.373 e. The van der Waals surface area contributed by atoms with Crippen molar-refractivity contribution in [2.24, 2.45) is 0 Å². The largest absolute Gasteiger partial charge is 0.373 e. The summed E-state index contributed by atoms with van der Waals surface area (Å²) in [5.41, 5.74) is 1.93. The van der Waals surface area contributed by atoms with Gasteiger partial charge in [-0.3, -0.25) is 0 Å². The molecule has 100 valence electrons. The van der Waals surface area contributed by atoms with Crippen LogP contribution in [0.4, 0.5) is 5.82 Å². The van der Waals surface area contributed by atoms with Crippen molar-refractivity contribution in [1.82, 2.24) is 19.9 Å². The number of anilines is 1. The Kier molecular flexibility index (Phi) is 3.46. The molecule has 0 atom stereocenters. The zero-order chi connectivity index (χ0) is 14.0. The quantitative estimate of drug-likeness (QED) is 0.895. The zero-order valence-electron chi connectivity index (χ0n) is 12.0. The van der Waals surface area contributed by atoms with E-state index in [0.717, 1.165) is 17.1 Å². The van der Waals surface area contributed by atoms with E-state index in [4.69, 9.17) is 0 Å². The van der Waals surface area contributed by atoms with E-state index in [-0.39, 0.29) is 5.41 Å². The molecule has 0 spiro atoms. The van der Waals surface area contributed by atoms with Crippen molar-refractivity contribution in [1.29, 1.82) is 0 Å². The smallest absolute Gasteiger partial charge is 0.199 e. The Balaban J connectivity index is 2.54. The van der Waals surface area contributed by atoms with E-state index in [0.29, 0.717) is 11.6 Å². The van der Waals surface area contributed by atoms with Gasteiger partial charge in [-0.2, -0.15) is 0 Å². The second-order valence-electron chi connectivity index (χ2n) is 5.55. The van der Waals surface area contributed by atoms with Crippen LogP contribution in [0.25, 0.3) is 11.6 Å². The Bertz CT molecular complexity index is 569. The molecule has 19 heavy (non-hydrogen) atoms. The molecule has 1 N–H and O–H groups in total. The maximum Gasteiger partial charge on any atom is 0.199 e. The van der Waals surface area contributed by atoms with Crippen LogP contribution >= 0.6 is 0 Å². The SMILES string of the molecule is CNc1cc(C(C)(C)C)nc(-c2ncc(C)cn2)n1. The van der Waals surface area contributed by atoms with Gasteiger partial charge in [-0.1, -0.05) is 20.8 Å². The Labute approximate surface area is 113 Å². The first-order chi connectivity index (χ1) is 8.90. The highest BCUT2D eigenvalue weighted by atomic mass is 15.1. The van der Waals surface area contributed by atoms with Gasteiger partial charge in [0.05, 0.1) is 5.69 Å². The van der Waals surface area contributed by atoms with Crippen LogP contribution in [0.15, 0.2) is 18.5 Å². The van der Waals surface area contributed by atoms with E-state index >= 15 is 0 Å². The van der Waals surface area contributed by atoms with Gasteiger partial charge in [-0.25, -0.2) is 19.9 Å². The lowest BCUT2D eigenvalue weighted by molar-refractivity contribution is 0.568. The summed E-state index contributed by atoms with van der Waals surface area (Å²) in [5.74, 6) is 1.88. The average Bonchev–Trinajstić information content (AvgIpc) is 2.38. The van der Waals surface area contributed by atoms with E-state index in [1.54, 1.807) is 12.4 Å². The van der Waals surface area contributed by atoms with Crippen LogP contribution in [0.3, 0.4) is 0 Å². The van der Waals surface area contributed by atoms with E-state index < -0.39 is 0 Å². The number of rotatable bonds is 2. The van der Waals surface area contributed by atoms with Crippen molar-refractivity contribution >= 4 is 5.82 Å². The standard InChI is InChI=1S/C14H19N5/c1-9-7-16-12(17-8-9)13-18-10(14(2,3)4)6-11(15-5)19-13/h6-8H,1-5H3,(H,15,18,19). The summed E-state index contributed by atoms with van der Waals surface area (Å²) in [4.78, 5) is 17.6. The fraction of sp³-hybridized carbons (Fsp3) is 0.429. The van der Waals surface area contributed by atoms with Gasteiger partial charge in [0.25, 0.3) is 0 Å². The second-order valence-corrected chi connectivity index (χ2v) is 5.55. The van der Waals surface area contributed by atoms with Crippen LogP contribution in [-0.4, -0.2) is 27.0 Å². The summed E-state index contributed by atoms with van der Waals surface area (Å²) >= 11 is 0. The Morgan fingerprint density at radius 1 is 1.00 bits per heavy atom. The molecular formula is C14H19N5. The maximum atomic E-state index is 4.58. The topological polar surface area (TPSA) is 63.6 Å². The number of hydrogen-bond acceptors (Lipinski definition) is 5. The van der Waals surface area contributed by atoms with Gasteiger partial charge in [0.15, 0.2) is 11.6 Å². The second kappa shape index (κ2) is 4.91. The predicted octanol–water partition coefficient (Wildman–Crippen LogP) is 2.58. The van der Waals surface area contributed by atoms with E-state index in [9.17, 15) is 0 Å². The normalized spacial score (nSPS) is 11.4. The Morgan fingerprint density at radius 2 is 1.63 bits per heavy atom. The van der Waals surface area contributed by atoms with E-state index in [1.807, 2.05) is 20.0 Å². The molecule has 2 aromatic rings. The number of nitrogens with one attached hydrogen (secondary N) is 1. The first-order valence-corrected chi connectivity index (χ1v) is 6.26. The van der Waals surface area contributed by atoms with Gasteiger partial charge in [0, 0.05) is 30.9 Å². The van der Waals surface area contributed by atoms with Crippen LogP contribution in [-0.2, 0) is 5.41 Å². The number of aryl methyl sites for hydroxylation is 1. The number of aromatic nitrogens is 4. The Hall–Kier alpha value is -2.04. The third-order valence-corrected chi connectivity index (χ3v) is 2.73. The third-order valence-electron chi connectivity index (χ3n) is 2.73. The lowest BCUT2D eigenvalue weighted by atomic mass is 9.92. The third kappa shape index (κ3) is 3.05. The van der Waals surface area contributed by atoms with Crippen molar-refractivity contribution in [3.8, 4) is 11.6 Å². The Morgan fingerprint density at radius 3 is 2.16 bits per heavy atom. The van der Waals surface area contributed by atoms with Crippen molar-refractivity contribution in [3.05, 3.63) is 29.7 Å². The monoisotopic (exact) mass is 257 g/mol. The summed E-state index contributed by atoms with van der Waals surface area (Å²) in [6.45, 7) is 8.31. The average molecular weight is 257 g/mol. The highest BCUT2D eigenvalue weighted by molar-refractivity contribution is 5.49. The molecule has 0 radical (unpaired) electrons. The van der Waals surface area contributed by atoms with Gasteiger partial charge in [-0.05, 0) is 12.5 Å². The number of nitrogens with zero attached hydrogens (tertiary/aromatic N) is 4. The first-order valence-electron chi connectivity index (χ1n) is 6.26. The lowest BCUT2D eigenvalue weighted by Gasteiger charge is -2.19. The predicted molar refractivity (Wildman–Crippen MR) is 76.0 cm³/mol. The van der Waals surface area contributed by atoms with E-state index in [1.165, 1.54) is 0 Å². The zero-order valence-corrected chi connectivity index (χ0v) is 12.0. The summed E-state index contributed by atoms with van der Waals surface area (Å²) in [7, 11) is 1.84. The van der Waals surface area contributed by atoms with Gasteiger partial charge in [0.1, 0.15) is 5.82 Å². The molecule has 0 aliphatic carbocycles. The van der Waals surface area contributed by atoms with Crippen molar-refractivity contribution in [2.75, 3.05) is 12.4 Å². The fourth-order valence-corrected chi connectivity index (χ4v) is 1.57. The van der Waals surface area contributed by atoms with Gasteiger partial charge in [0.2, 0.25) is 0 Å². The lowest BCUT2D eigenvalue weighted by Crippen LogP contribution is -2.15. The molecule has 0 unspecified atom stereocenters. The summed E-state index contributed by atoms with van der Waals surface area (Å²) < 4.78 is 0. The molecule has 0 saturated carbocycles. The molecule has 0 aliphatic heterocycles. The van der Waals surface area contributed by atoms with Crippen LogP contribution < -0.4 is 5.32 Å². The van der Waals surface area contributed by atoms with Crippen molar-refractivity contribution in [2.45, 2.75) is 33.1 Å². The van der Waals surface area contributed by atoms with Gasteiger partial charge in [-0.15, -0.1) is 0 Å². The summed E-state index contributed by atoms with van der Waals surface area (Å²) in [6, 6.07) is 1.96. The molecule has 0 bridgehead atoms. The van der Waals surface area contributed by atoms with Crippen LogP contribution in [0.2, 0.25) is 0 Å². The minimum atomic E-state index is -0.0476. The van der Waals surface area contributed by atoms with Crippen LogP contribution in [0, 0.1) is 6.92 Å². The molecule has 2 rings (SSSR count). The molecular weight excluding hydrogens is 238 g/mol.